The highest BCUT2D eigenvalue weighted by atomic mass is 16.5. The van der Waals surface area contributed by atoms with E-state index in [4.69, 9.17) is 10.9 Å². The molecule has 0 radical (unpaired) electrons. The van der Waals surface area contributed by atoms with Crippen LogP contribution in [0.25, 0.3) is 0 Å². The van der Waals surface area contributed by atoms with Crippen LogP contribution in [0.4, 0.5) is 0 Å². The zero-order chi connectivity index (χ0) is 10.6. The van der Waals surface area contributed by atoms with Crippen LogP contribution < -0.4 is 11.2 Å². The van der Waals surface area contributed by atoms with Gasteiger partial charge in [-0.3, -0.25) is 5.21 Å². The summed E-state index contributed by atoms with van der Waals surface area (Å²) in [6, 6.07) is 0. The Hall–Kier alpha value is -1.56. The van der Waals surface area contributed by atoms with Crippen molar-refractivity contribution in [2.24, 2.45) is 10.7 Å². The summed E-state index contributed by atoms with van der Waals surface area (Å²) in [5.41, 5.74) is 6.87. The van der Waals surface area contributed by atoms with Gasteiger partial charge in [0.05, 0.1) is 18.4 Å². The molecule has 0 spiro atoms. The van der Waals surface area contributed by atoms with Gasteiger partial charge < -0.3 is 10.3 Å². The molecule has 0 aliphatic carbocycles. The Balaban J connectivity index is 2.68. The third-order valence-corrected chi connectivity index (χ3v) is 1.95. The van der Waals surface area contributed by atoms with Gasteiger partial charge in [0.15, 0.2) is 0 Å². The lowest BCUT2D eigenvalue weighted by Crippen LogP contribution is -2.33. The highest BCUT2D eigenvalue weighted by Gasteiger charge is 2.18. The van der Waals surface area contributed by atoms with E-state index in [1.807, 2.05) is 24.6 Å². The van der Waals surface area contributed by atoms with Crippen molar-refractivity contribution < 1.29 is 5.21 Å². The van der Waals surface area contributed by atoms with Crippen LogP contribution in [0.1, 0.15) is 13.8 Å². The van der Waals surface area contributed by atoms with Crippen LogP contribution in [0, 0.1) is 0 Å². The lowest BCUT2D eigenvalue weighted by atomic mass is 10.1. The normalized spacial score (nSPS) is 12.9. The van der Waals surface area contributed by atoms with Crippen molar-refractivity contribution in [1.82, 2.24) is 15.0 Å². The highest BCUT2D eigenvalue weighted by molar-refractivity contribution is 5.76. The van der Waals surface area contributed by atoms with Gasteiger partial charge >= 0.3 is 0 Å². The van der Waals surface area contributed by atoms with Gasteiger partial charge in [-0.05, 0) is 13.8 Å². The van der Waals surface area contributed by atoms with E-state index in [9.17, 15) is 0 Å². The van der Waals surface area contributed by atoms with Gasteiger partial charge in [0.1, 0.15) is 0 Å². The Bertz CT molecular complexity index is 304. The number of nitrogens with zero attached hydrogens (tertiary/aromatic N) is 3. The molecule has 0 aliphatic heterocycles. The van der Waals surface area contributed by atoms with E-state index in [1.165, 1.54) is 0 Å². The maximum Gasteiger partial charge on any atom is 0.212 e. The highest BCUT2D eigenvalue weighted by Crippen LogP contribution is 2.14. The van der Waals surface area contributed by atoms with Crippen LogP contribution >= 0.6 is 0 Å². The summed E-state index contributed by atoms with van der Waals surface area (Å²) in [4.78, 5) is 7.91. The van der Waals surface area contributed by atoms with E-state index in [2.05, 4.69) is 9.98 Å². The fourth-order valence-electron chi connectivity index (χ4n) is 1.01. The van der Waals surface area contributed by atoms with Crippen LogP contribution in [0.3, 0.4) is 0 Å². The molecule has 0 amide bonds. The van der Waals surface area contributed by atoms with Gasteiger partial charge in [-0.1, -0.05) is 0 Å². The molecule has 1 aromatic rings. The molecule has 0 aliphatic rings. The van der Waals surface area contributed by atoms with Crippen molar-refractivity contribution in [3.8, 4) is 0 Å². The first-order chi connectivity index (χ1) is 6.56. The second-order valence-corrected chi connectivity index (χ2v) is 3.60. The van der Waals surface area contributed by atoms with Crippen molar-refractivity contribution >= 4 is 5.96 Å². The molecule has 4 N–H and O–H groups in total. The Labute approximate surface area is 82.4 Å². The Morgan fingerprint density at radius 2 is 2.43 bits per heavy atom. The third kappa shape index (κ3) is 2.46. The predicted octanol–water partition coefficient (Wildman–Crippen LogP) is -0.0883. The van der Waals surface area contributed by atoms with Crippen molar-refractivity contribution in [1.29, 1.82) is 0 Å². The quantitative estimate of drug-likeness (QED) is 0.359. The first-order valence-corrected chi connectivity index (χ1v) is 4.25. The maximum absolute atomic E-state index is 8.44. The molecule has 78 valence electrons. The predicted molar refractivity (Wildman–Crippen MR) is 53.0 cm³/mol. The lowest BCUT2D eigenvalue weighted by molar-refractivity contribution is 0.231. The maximum atomic E-state index is 8.44. The van der Waals surface area contributed by atoms with Crippen molar-refractivity contribution in [2.45, 2.75) is 19.4 Å². The molecule has 14 heavy (non-hydrogen) atoms. The molecule has 0 aromatic carbocycles. The molecule has 0 bridgehead atoms. The summed E-state index contributed by atoms with van der Waals surface area (Å²) in [5, 5.41) is 8.44. The van der Waals surface area contributed by atoms with Gasteiger partial charge in [0.2, 0.25) is 5.96 Å². The summed E-state index contributed by atoms with van der Waals surface area (Å²) in [6.45, 7) is 4.47. The monoisotopic (exact) mass is 197 g/mol. The topological polar surface area (TPSA) is 88.5 Å². The van der Waals surface area contributed by atoms with E-state index in [0.717, 1.165) is 0 Å². The number of rotatable bonds is 3. The average molecular weight is 197 g/mol. The molecular weight excluding hydrogens is 182 g/mol. The minimum atomic E-state index is -0.210. The van der Waals surface area contributed by atoms with Gasteiger partial charge in [0, 0.05) is 12.4 Å². The van der Waals surface area contributed by atoms with E-state index in [0.29, 0.717) is 6.54 Å². The molecule has 0 saturated heterocycles. The number of imidazole rings is 1. The molecular formula is C8H15N5O. The van der Waals surface area contributed by atoms with Gasteiger partial charge in [-0.15, -0.1) is 0 Å². The van der Waals surface area contributed by atoms with E-state index in [1.54, 1.807) is 18.0 Å². The van der Waals surface area contributed by atoms with Crippen LogP contribution in [-0.2, 0) is 5.54 Å². The zero-order valence-corrected chi connectivity index (χ0v) is 8.31. The Kier molecular flexibility index (Phi) is 3.08. The Morgan fingerprint density at radius 1 is 1.71 bits per heavy atom. The third-order valence-electron chi connectivity index (χ3n) is 1.95. The summed E-state index contributed by atoms with van der Waals surface area (Å²) in [5.74, 6) is 0.0122. The molecule has 6 heteroatoms. The standard InChI is InChI=1S/C8H15N5O/c1-8(2,5-11-7(9)12-14)13-4-3-10-6-13/h3-4,6,14H,5H2,1-2H3,(H3,9,11,12). The SMILES string of the molecule is CC(C)(CN=C(N)NO)n1ccnc1. The van der Waals surface area contributed by atoms with Crippen LogP contribution in [0.2, 0.25) is 0 Å². The minimum Gasteiger partial charge on any atom is -0.368 e. The fourth-order valence-corrected chi connectivity index (χ4v) is 1.01. The van der Waals surface area contributed by atoms with Gasteiger partial charge in [-0.2, -0.15) is 0 Å². The number of aromatic nitrogens is 2. The Morgan fingerprint density at radius 3 is 2.93 bits per heavy atom. The van der Waals surface area contributed by atoms with E-state index in [-0.39, 0.29) is 11.5 Å². The average Bonchev–Trinajstić information content (AvgIpc) is 2.67. The summed E-state index contributed by atoms with van der Waals surface area (Å²) >= 11 is 0. The molecule has 0 unspecified atom stereocenters. The second kappa shape index (κ2) is 4.10. The van der Waals surface area contributed by atoms with Crippen LogP contribution in [0.15, 0.2) is 23.7 Å². The molecule has 0 atom stereocenters. The molecule has 1 aromatic heterocycles. The number of nitrogens with two attached hydrogens (primary N) is 1. The van der Waals surface area contributed by atoms with Crippen molar-refractivity contribution in [2.75, 3.05) is 6.54 Å². The number of guanidine groups is 1. The van der Waals surface area contributed by atoms with Gasteiger partial charge in [0.25, 0.3) is 0 Å². The molecule has 0 fully saturated rings. The minimum absolute atomic E-state index is 0.0122. The largest absolute Gasteiger partial charge is 0.368 e. The summed E-state index contributed by atoms with van der Waals surface area (Å²) in [6.07, 6.45) is 5.29. The van der Waals surface area contributed by atoms with E-state index >= 15 is 0 Å². The van der Waals surface area contributed by atoms with E-state index < -0.39 is 0 Å². The van der Waals surface area contributed by atoms with Crippen molar-refractivity contribution in [3.63, 3.8) is 0 Å². The number of hydrogen-bond acceptors (Lipinski definition) is 3. The fraction of sp³-hybridized carbons (Fsp3) is 0.500. The first kappa shape index (κ1) is 10.5. The number of hydrogen-bond donors (Lipinski definition) is 3. The lowest BCUT2D eigenvalue weighted by Gasteiger charge is -2.24. The molecule has 1 rings (SSSR count). The van der Waals surface area contributed by atoms with Crippen LogP contribution in [0.5, 0.6) is 0 Å². The molecule has 6 nitrogen and oxygen atoms in total. The number of hydroxylamine groups is 1. The van der Waals surface area contributed by atoms with Crippen LogP contribution in [-0.4, -0.2) is 27.3 Å². The summed E-state index contributed by atoms with van der Waals surface area (Å²) < 4.78 is 1.93. The van der Waals surface area contributed by atoms with Gasteiger partial charge in [-0.25, -0.2) is 15.5 Å². The molecule has 0 saturated carbocycles. The first-order valence-electron chi connectivity index (χ1n) is 4.25. The number of nitrogens with one attached hydrogen (secondary N) is 1. The second-order valence-electron chi connectivity index (χ2n) is 3.60. The molecule has 1 heterocycles. The zero-order valence-electron chi connectivity index (χ0n) is 8.31. The summed E-state index contributed by atoms with van der Waals surface area (Å²) in [7, 11) is 0. The van der Waals surface area contributed by atoms with Crippen molar-refractivity contribution in [3.05, 3.63) is 18.7 Å². The smallest absolute Gasteiger partial charge is 0.212 e. The number of aliphatic imine (C=N–C) groups is 1.